The van der Waals surface area contributed by atoms with Gasteiger partial charge < -0.3 is 10.1 Å². The SMILES string of the molecule is CC(C)(C)c1ccc(C(=O)Nc2ccc(Oc3cc(-n4cccn4)ncn3)cc2)cc1. The Hall–Kier alpha value is -4.00. The zero-order valence-corrected chi connectivity index (χ0v) is 17.6. The van der Waals surface area contributed by atoms with E-state index in [0.29, 0.717) is 28.7 Å². The molecule has 0 fully saturated rings. The number of carbonyl (C=O) groups excluding carboxylic acids is 1. The third-order valence-electron chi connectivity index (χ3n) is 4.71. The van der Waals surface area contributed by atoms with E-state index in [9.17, 15) is 4.79 Å². The first-order valence-corrected chi connectivity index (χ1v) is 9.90. The molecule has 0 saturated heterocycles. The molecule has 0 aliphatic heterocycles. The topological polar surface area (TPSA) is 81.9 Å². The maximum atomic E-state index is 12.5. The molecular formula is C24H23N5O2. The van der Waals surface area contributed by atoms with Gasteiger partial charge in [0.1, 0.15) is 12.1 Å². The lowest BCUT2D eigenvalue weighted by molar-refractivity contribution is 0.102. The minimum atomic E-state index is -0.159. The normalized spacial score (nSPS) is 11.2. The fourth-order valence-electron chi connectivity index (χ4n) is 2.97. The molecule has 7 nitrogen and oxygen atoms in total. The summed E-state index contributed by atoms with van der Waals surface area (Å²) in [6.07, 6.45) is 4.89. The molecule has 0 aliphatic rings. The first-order valence-electron chi connectivity index (χ1n) is 9.90. The standard InChI is InChI=1S/C24H23N5O2/c1-24(2,3)18-7-5-17(6-8-18)23(30)28-19-9-11-20(12-10-19)31-22-15-21(25-16-26-22)29-14-4-13-27-29/h4-16H,1-3H3,(H,28,30). The van der Waals surface area contributed by atoms with Crippen LogP contribution in [0.1, 0.15) is 36.7 Å². The Morgan fingerprint density at radius 2 is 1.74 bits per heavy atom. The lowest BCUT2D eigenvalue weighted by atomic mass is 9.87. The van der Waals surface area contributed by atoms with Gasteiger partial charge in [-0.05, 0) is 53.4 Å². The molecule has 0 atom stereocenters. The number of amides is 1. The Bertz CT molecular complexity index is 1160. The van der Waals surface area contributed by atoms with E-state index >= 15 is 0 Å². The molecule has 0 spiro atoms. The van der Waals surface area contributed by atoms with Crippen LogP contribution < -0.4 is 10.1 Å². The number of nitrogens with one attached hydrogen (secondary N) is 1. The van der Waals surface area contributed by atoms with Crippen LogP contribution in [0.5, 0.6) is 11.6 Å². The van der Waals surface area contributed by atoms with Crippen molar-refractivity contribution < 1.29 is 9.53 Å². The number of anilines is 1. The number of rotatable bonds is 5. The number of benzene rings is 2. The number of aromatic nitrogens is 4. The quantitative estimate of drug-likeness (QED) is 0.498. The van der Waals surface area contributed by atoms with E-state index < -0.39 is 0 Å². The van der Waals surface area contributed by atoms with Crippen LogP contribution in [0.15, 0.2) is 79.4 Å². The van der Waals surface area contributed by atoms with Crippen molar-refractivity contribution in [3.05, 3.63) is 90.5 Å². The van der Waals surface area contributed by atoms with Crippen molar-refractivity contribution in [2.24, 2.45) is 0 Å². The average Bonchev–Trinajstić information content (AvgIpc) is 3.30. The smallest absolute Gasteiger partial charge is 0.255 e. The zero-order valence-electron chi connectivity index (χ0n) is 17.6. The summed E-state index contributed by atoms with van der Waals surface area (Å²) in [5.41, 5.74) is 2.52. The second-order valence-electron chi connectivity index (χ2n) is 8.07. The molecule has 2 heterocycles. The maximum Gasteiger partial charge on any atom is 0.255 e. The van der Waals surface area contributed by atoms with Crippen LogP contribution in [-0.2, 0) is 5.41 Å². The van der Waals surface area contributed by atoms with Gasteiger partial charge in [-0.3, -0.25) is 4.79 Å². The van der Waals surface area contributed by atoms with Crippen LogP contribution in [0.25, 0.3) is 5.82 Å². The van der Waals surface area contributed by atoms with Gasteiger partial charge in [-0.25, -0.2) is 14.6 Å². The summed E-state index contributed by atoms with van der Waals surface area (Å²) >= 11 is 0. The summed E-state index contributed by atoms with van der Waals surface area (Å²) in [7, 11) is 0. The zero-order chi connectivity index (χ0) is 21.8. The van der Waals surface area contributed by atoms with E-state index in [1.54, 1.807) is 47.4 Å². The molecule has 1 amide bonds. The minimum absolute atomic E-state index is 0.0493. The van der Waals surface area contributed by atoms with Gasteiger partial charge in [0.2, 0.25) is 5.88 Å². The van der Waals surface area contributed by atoms with Gasteiger partial charge in [-0.1, -0.05) is 32.9 Å². The molecule has 0 bridgehead atoms. The average molecular weight is 413 g/mol. The first-order chi connectivity index (χ1) is 14.9. The van der Waals surface area contributed by atoms with Crippen LogP contribution >= 0.6 is 0 Å². The number of nitrogens with zero attached hydrogens (tertiary/aromatic N) is 4. The highest BCUT2D eigenvalue weighted by molar-refractivity contribution is 6.04. The second kappa shape index (κ2) is 8.39. The molecule has 2 aromatic heterocycles. The first kappa shape index (κ1) is 20.3. The van der Waals surface area contributed by atoms with Crippen LogP contribution in [0.4, 0.5) is 5.69 Å². The van der Waals surface area contributed by atoms with Gasteiger partial charge in [0.25, 0.3) is 5.91 Å². The van der Waals surface area contributed by atoms with Crippen LogP contribution in [-0.4, -0.2) is 25.7 Å². The number of carbonyl (C=O) groups is 1. The summed E-state index contributed by atoms with van der Waals surface area (Å²) in [6.45, 7) is 6.43. The molecule has 0 radical (unpaired) electrons. The van der Waals surface area contributed by atoms with E-state index in [-0.39, 0.29) is 11.3 Å². The maximum absolute atomic E-state index is 12.5. The van der Waals surface area contributed by atoms with Gasteiger partial charge >= 0.3 is 0 Å². The molecule has 0 unspecified atom stereocenters. The van der Waals surface area contributed by atoms with Crippen LogP contribution in [0, 0.1) is 0 Å². The number of ether oxygens (including phenoxy) is 1. The highest BCUT2D eigenvalue weighted by atomic mass is 16.5. The van der Waals surface area contributed by atoms with Crippen LogP contribution in [0.2, 0.25) is 0 Å². The van der Waals surface area contributed by atoms with Crippen molar-refractivity contribution in [3.63, 3.8) is 0 Å². The van der Waals surface area contributed by atoms with Crippen molar-refractivity contribution in [1.82, 2.24) is 19.7 Å². The molecule has 2 aromatic carbocycles. The highest BCUT2D eigenvalue weighted by Crippen LogP contribution is 2.24. The molecular weight excluding hydrogens is 390 g/mol. The molecule has 0 saturated carbocycles. The summed E-state index contributed by atoms with van der Waals surface area (Å²) < 4.78 is 7.43. The van der Waals surface area contributed by atoms with E-state index in [2.05, 4.69) is 41.2 Å². The molecule has 156 valence electrons. The van der Waals surface area contributed by atoms with E-state index in [1.165, 1.54) is 11.9 Å². The van der Waals surface area contributed by atoms with Crippen molar-refractivity contribution in [2.75, 3.05) is 5.32 Å². The fourth-order valence-corrected chi connectivity index (χ4v) is 2.97. The van der Waals surface area contributed by atoms with Gasteiger partial charge in [0.05, 0.1) is 0 Å². The molecule has 4 aromatic rings. The largest absolute Gasteiger partial charge is 0.439 e. The number of hydrogen-bond donors (Lipinski definition) is 1. The monoisotopic (exact) mass is 413 g/mol. The Morgan fingerprint density at radius 3 is 2.39 bits per heavy atom. The minimum Gasteiger partial charge on any atom is -0.439 e. The Balaban J connectivity index is 1.40. The predicted octanol–water partition coefficient (Wildman–Crippen LogP) is 5.00. The lowest BCUT2D eigenvalue weighted by Gasteiger charge is -2.19. The van der Waals surface area contributed by atoms with Crippen molar-refractivity contribution in [3.8, 4) is 17.4 Å². The van der Waals surface area contributed by atoms with E-state index in [0.717, 1.165) is 0 Å². The van der Waals surface area contributed by atoms with E-state index in [1.807, 2.05) is 30.3 Å². The number of hydrogen-bond acceptors (Lipinski definition) is 5. The predicted molar refractivity (Wildman–Crippen MR) is 119 cm³/mol. The van der Waals surface area contributed by atoms with Crippen molar-refractivity contribution in [1.29, 1.82) is 0 Å². The molecule has 4 rings (SSSR count). The Labute approximate surface area is 180 Å². The lowest BCUT2D eigenvalue weighted by Crippen LogP contribution is -2.14. The molecule has 31 heavy (non-hydrogen) atoms. The van der Waals surface area contributed by atoms with Crippen LogP contribution in [0.3, 0.4) is 0 Å². The third kappa shape index (κ3) is 4.95. The summed E-state index contributed by atoms with van der Waals surface area (Å²) in [4.78, 5) is 20.8. The summed E-state index contributed by atoms with van der Waals surface area (Å²) in [5, 5.41) is 7.05. The molecule has 1 N–H and O–H groups in total. The van der Waals surface area contributed by atoms with E-state index in [4.69, 9.17) is 4.74 Å². The van der Waals surface area contributed by atoms with Crippen molar-refractivity contribution in [2.45, 2.75) is 26.2 Å². The van der Waals surface area contributed by atoms with Gasteiger partial charge in [-0.2, -0.15) is 5.10 Å². The summed E-state index contributed by atoms with van der Waals surface area (Å²) in [5.74, 6) is 1.44. The summed E-state index contributed by atoms with van der Waals surface area (Å²) in [6, 6.07) is 18.3. The Kier molecular flexibility index (Phi) is 5.49. The second-order valence-corrected chi connectivity index (χ2v) is 8.07. The van der Waals surface area contributed by atoms with Crippen molar-refractivity contribution >= 4 is 11.6 Å². The highest BCUT2D eigenvalue weighted by Gasteiger charge is 2.14. The van der Waals surface area contributed by atoms with Gasteiger partial charge in [0, 0.05) is 29.7 Å². The Morgan fingerprint density at radius 1 is 1.00 bits per heavy atom. The van der Waals surface area contributed by atoms with Gasteiger partial charge in [-0.15, -0.1) is 0 Å². The third-order valence-corrected chi connectivity index (χ3v) is 4.71. The fraction of sp³-hybridized carbons (Fsp3) is 0.167. The molecule has 0 aliphatic carbocycles. The van der Waals surface area contributed by atoms with Gasteiger partial charge in [0.15, 0.2) is 5.82 Å². The molecule has 7 heteroatoms.